The van der Waals surface area contributed by atoms with Crippen LogP contribution in [0.15, 0.2) is 0 Å². The van der Waals surface area contributed by atoms with Crippen molar-refractivity contribution >= 4 is 0 Å². The molecule has 0 aromatic carbocycles. The van der Waals surface area contributed by atoms with E-state index in [0.29, 0.717) is 0 Å². The molecule has 0 amide bonds. The van der Waals surface area contributed by atoms with Gasteiger partial charge in [0.25, 0.3) is 0 Å². The van der Waals surface area contributed by atoms with E-state index >= 15 is 0 Å². The molecular weight excluding hydrogens is 173 g/mol. The molecule has 0 bridgehead atoms. The topological polar surface area (TPSA) is 0 Å². The molecule has 5 heteroatoms. The SMILES string of the molecule is F.[C+4].[Cl-].[Cl-].[Cl-].[Cl-]. The van der Waals surface area contributed by atoms with Crippen LogP contribution in [0.2, 0.25) is 0 Å². The molecule has 0 rings (SSSR count). The molecule has 0 spiro atoms. The van der Waals surface area contributed by atoms with E-state index in [1.54, 1.807) is 0 Å². The summed E-state index contributed by atoms with van der Waals surface area (Å²) in [6.07, 6.45) is 0. The van der Waals surface area contributed by atoms with E-state index in [4.69, 9.17) is 0 Å². The van der Waals surface area contributed by atoms with Crippen molar-refractivity contribution in [2.24, 2.45) is 0 Å². The van der Waals surface area contributed by atoms with Crippen molar-refractivity contribution in [3.63, 3.8) is 0 Å². The molecule has 0 fully saturated rings. The predicted molar refractivity (Wildman–Crippen MR) is 5.75 cm³/mol. The van der Waals surface area contributed by atoms with Crippen molar-refractivity contribution in [1.29, 1.82) is 0 Å². The summed E-state index contributed by atoms with van der Waals surface area (Å²) in [5.41, 5.74) is 0. The first-order valence-electron chi connectivity index (χ1n) is 0. The van der Waals surface area contributed by atoms with Crippen LogP contribution in [0.25, 0.3) is 0 Å². The Morgan fingerprint density at radius 3 is 0.500 bits per heavy atom. The Kier molecular flexibility index (Phi) is 4900. The van der Waals surface area contributed by atoms with Crippen LogP contribution < -0.4 is 49.6 Å². The van der Waals surface area contributed by atoms with Gasteiger partial charge in [-0.05, 0) is 0 Å². The zero-order valence-electron chi connectivity index (χ0n) is 2.42. The summed E-state index contributed by atoms with van der Waals surface area (Å²) in [4.78, 5) is 0. The minimum Gasteiger partial charge on any atom is -1.00 e. The van der Waals surface area contributed by atoms with E-state index in [2.05, 4.69) is 0 Å². The van der Waals surface area contributed by atoms with Gasteiger partial charge >= 0.3 is 7.43 Å². The standard InChI is InChI=1S/C.4ClH.FH/h;5*1H/q+4;;;;;/p-4. The summed E-state index contributed by atoms with van der Waals surface area (Å²) in [5, 5.41) is 0. The van der Waals surface area contributed by atoms with Crippen molar-refractivity contribution in [3.05, 3.63) is 7.43 Å². The fraction of sp³-hybridized carbons (Fsp3) is 0. The maximum atomic E-state index is 0. The van der Waals surface area contributed by atoms with Crippen LogP contribution in [0.1, 0.15) is 0 Å². The van der Waals surface area contributed by atoms with Crippen LogP contribution in [0.4, 0.5) is 4.70 Å². The molecular formula is CHCl4F. The minimum absolute atomic E-state index is 0. The average molecular weight is 174 g/mol. The van der Waals surface area contributed by atoms with E-state index in [1.807, 2.05) is 0 Å². The first-order chi connectivity index (χ1) is 0. The van der Waals surface area contributed by atoms with Gasteiger partial charge in [-0.3, -0.25) is 4.70 Å². The second kappa shape index (κ2) is 133. The zero-order valence-corrected chi connectivity index (χ0v) is 5.44. The Labute approximate surface area is 62.1 Å². The molecule has 40 valence electrons. The third-order valence-electron chi connectivity index (χ3n) is 0. The average Bonchev–Trinajstić information content (AvgIpc) is 0. The van der Waals surface area contributed by atoms with Gasteiger partial charge in [0.2, 0.25) is 0 Å². The third-order valence-corrected chi connectivity index (χ3v) is 0. The minimum atomic E-state index is 0. The molecule has 0 saturated heterocycles. The van der Waals surface area contributed by atoms with E-state index in [9.17, 15) is 0 Å². The largest absolute Gasteiger partial charge is 4.00 e. The third kappa shape index (κ3) is 71.7. The zero-order chi connectivity index (χ0) is 0. The van der Waals surface area contributed by atoms with Gasteiger partial charge in [-0.25, -0.2) is 0 Å². The summed E-state index contributed by atoms with van der Waals surface area (Å²) in [6.45, 7) is 0. The number of hydrogen-bond donors (Lipinski definition) is 0. The van der Waals surface area contributed by atoms with E-state index < -0.39 is 0 Å². The van der Waals surface area contributed by atoms with Crippen LogP contribution in [-0.2, 0) is 0 Å². The Hall–Kier alpha value is 1.09. The molecule has 0 unspecified atom stereocenters. The molecule has 0 radical (unpaired) electrons. The normalized spacial score (nSPS) is 0. The van der Waals surface area contributed by atoms with Gasteiger partial charge < -0.3 is 49.6 Å². The van der Waals surface area contributed by atoms with E-state index in [1.165, 1.54) is 0 Å². The van der Waals surface area contributed by atoms with Crippen LogP contribution in [0, 0.1) is 7.43 Å². The molecule has 0 saturated carbocycles. The van der Waals surface area contributed by atoms with Gasteiger partial charge in [0, 0.05) is 0 Å². The fourth-order valence-electron chi connectivity index (χ4n) is 0. The molecule has 0 N–H and O–H groups in total. The molecule has 0 aliphatic heterocycles. The van der Waals surface area contributed by atoms with Gasteiger partial charge in [0.05, 0.1) is 0 Å². The van der Waals surface area contributed by atoms with Crippen LogP contribution in [0.3, 0.4) is 0 Å². The predicted octanol–water partition coefficient (Wildman–Crippen LogP) is -11.8. The summed E-state index contributed by atoms with van der Waals surface area (Å²) in [7, 11) is 0. The second-order valence-electron chi connectivity index (χ2n) is 0. The summed E-state index contributed by atoms with van der Waals surface area (Å²) in [6, 6.07) is 0. The van der Waals surface area contributed by atoms with Crippen molar-refractivity contribution in [1.82, 2.24) is 0 Å². The molecule has 0 aliphatic rings. The van der Waals surface area contributed by atoms with Gasteiger partial charge in [0.15, 0.2) is 0 Å². The van der Waals surface area contributed by atoms with Crippen molar-refractivity contribution in [3.8, 4) is 0 Å². The summed E-state index contributed by atoms with van der Waals surface area (Å²) < 4.78 is 0. The van der Waals surface area contributed by atoms with Crippen molar-refractivity contribution in [2.45, 2.75) is 0 Å². The first-order valence-corrected chi connectivity index (χ1v) is 0. The molecule has 0 aromatic rings. The smallest absolute Gasteiger partial charge is 1.00 e. The molecule has 0 nitrogen and oxygen atoms in total. The molecule has 0 aliphatic carbocycles. The molecule has 0 atom stereocenters. The number of rotatable bonds is 0. The maximum Gasteiger partial charge on any atom is 4.00 e. The van der Waals surface area contributed by atoms with E-state index in [-0.39, 0.29) is 61.8 Å². The Morgan fingerprint density at radius 1 is 0.500 bits per heavy atom. The second-order valence-corrected chi connectivity index (χ2v) is 0. The van der Waals surface area contributed by atoms with Gasteiger partial charge in [0.1, 0.15) is 0 Å². The summed E-state index contributed by atoms with van der Waals surface area (Å²) >= 11 is 0. The molecule has 0 aromatic heterocycles. The first kappa shape index (κ1) is 221. The Morgan fingerprint density at radius 2 is 0.500 bits per heavy atom. The van der Waals surface area contributed by atoms with Crippen LogP contribution in [0.5, 0.6) is 0 Å². The molecule has 6 heavy (non-hydrogen) atoms. The Balaban J connectivity index is 0. The fourth-order valence-corrected chi connectivity index (χ4v) is 0. The van der Waals surface area contributed by atoms with Crippen molar-refractivity contribution in [2.75, 3.05) is 0 Å². The summed E-state index contributed by atoms with van der Waals surface area (Å²) in [5.74, 6) is 0. The molecule has 0 heterocycles. The van der Waals surface area contributed by atoms with Crippen LogP contribution in [-0.4, -0.2) is 0 Å². The Bertz CT molecular complexity index is 7.51. The van der Waals surface area contributed by atoms with Crippen LogP contribution >= 0.6 is 0 Å². The van der Waals surface area contributed by atoms with Gasteiger partial charge in [-0.1, -0.05) is 0 Å². The van der Waals surface area contributed by atoms with Gasteiger partial charge in [-0.15, -0.1) is 0 Å². The quantitative estimate of drug-likeness (QED) is 0.342. The van der Waals surface area contributed by atoms with E-state index in [0.717, 1.165) is 0 Å². The van der Waals surface area contributed by atoms with Crippen molar-refractivity contribution < 1.29 is 54.3 Å². The number of halogens is 5. The number of hydrogen-bond acceptors (Lipinski definition) is 0. The van der Waals surface area contributed by atoms with Gasteiger partial charge in [-0.2, -0.15) is 0 Å². The monoisotopic (exact) mass is 172 g/mol. The maximum absolute atomic E-state index is 0.